The zero-order chi connectivity index (χ0) is 11.5. The summed E-state index contributed by atoms with van der Waals surface area (Å²) in [4.78, 5) is 11.7. The van der Waals surface area contributed by atoms with Gasteiger partial charge in [-0.15, -0.1) is 0 Å². The SMILES string of the molecule is Cn1ncc(C(=O)NCc2ccon2)c1N. The molecule has 7 nitrogen and oxygen atoms in total. The molecular formula is C9H11N5O2. The minimum Gasteiger partial charge on any atom is -0.383 e. The summed E-state index contributed by atoms with van der Waals surface area (Å²) in [5, 5.41) is 10.2. The second kappa shape index (κ2) is 4.05. The molecule has 0 radical (unpaired) electrons. The van der Waals surface area contributed by atoms with Crippen LogP contribution in [-0.2, 0) is 13.6 Å². The number of carbonyl (C=O) groups is 1. The van der Waals surface area contributed by atoms with Gasteiger partial charge < -0.3 is 15.6 Å². The Labute approximate surface area is 91.2 Å². The number of hydrogen-bond donors (Lipinski definition) is 2. The van der Waals surface area contributed by atoms with Gasteiger partial charge in [-0.05, 0) is 0 Å². The number of nitrogen functional groups attached to an aromatic ring is 1. The van der Waals surface area contributed by atoms with Gasteiger partial charge in [0.2, 0.25) is 0 Å². The number of aryl methyl sites for hydroxylation is 1. The lowest BCUT2D eigenvalue weighted by Crippen LogP contribution is -2.23. The van der Waals surface area contributed by atoms with Crippen LogP contribution in [0.15, 0.2) is 23.0 Å². The molecule has 84 valence electrons. The summed E-state index contributed by atoms with van der Waals surface area (Å²) in [5.74, 6) is 0.0475. The van der Waals surface area contributed by atoms with Crippen LogP contribution in [0, 0.1) is 0 Å². The van der Waals surface area contributed by atoms with Crippen LogP contribution in [-0.4, -0.2) is 20.8 Å². The third-order valence-corrected chi connectivity index (χ3v) is 2.15. The Kier molecular flexibility index (Phi) is 2.59. The molecule has 0 aliphatic rings. The second-order valence-corrected chi connectivity index (χ2v) is 3.24. The van der Waals surface area contributed by atoms with Gasteiger partial charge in [-0.25, -0.2) is 0 Å². The molecule has 0 saturated carbocycles. The van der Waals surface area contributed by atoms with Crippen LogP contribution in [0.3, 0.4) is 0 Å². The first-order valence-electron chi connectivity index (χ1n) is 4.63. The van der Waals surface area contributed by atoms with Gasteiger partial charge in [0.25, 0.3) is 5.91 Å². The molecule has 0 aromatic carbocycles. The summed E-state index contributed by atoms with van der Waals surface area (Å²) in [7, 11) is 1.67. The maximum Gasteiger partial charge on any atom is 0.256 e. The first-order valence-corrected chi connectivity index (χ1v) is 4.63. The molecule has 7 heteroatoms. The van der Waals surface area contributed by atoms with Gasteiger partial charge in [-0.1, -0.05) is 5.16 Å². The molecule has 2 aromatic rings. The Hall–Kier alpha value is -2.31. The molecule has 1 amide bonds. The number of nitrogens with zero attached hydrogens (tertiary/aromatic N) is 3. The van der Waals surface area contributed by atoms with Crippen LogP contribution < -0.4 is 11.1 Å². The van der Waals surface area contributed by atoms with Crippen molar-refractivity contribution in [2.45, 2.75) is 6.54 Å². The van der Waals surface area contributed by atoms with E-state index in [-0.39, 0.29) is 5.91 Å². The van der Waals surface area contributed by atoms with Crippen molar-refractivity contribution in [2.75, 3.05) is 5.73 Å². The maximum atomic E-state index is 11.7. The summed E-state index contributed by atoms with van der Waals surface area (Å²) in [6.07, 6.45) is 2.87. The van der Waals surface area contributed by atoms with Gasteiger partial charge in [-0.3, -0.25) is 9.48 Å². The number of carbonyl (C=O) groups excluding carboxylic acids is 1. The van der Waals surface area contributed by atoms with Crippen molar-refractivity contribution >= 4 is 11.7 Å². The monoisotopic (exact) mass is 221 g/mol. The molecule has 0 atom stereocenters. The Morgan fingerprint density at radius 2 is 2.50 bits per heavy atom. The van der Waals surface area contributed by atoms with Gasteiger partial charge >= 0.3 is 0 Å². The molecule has 0 aliphatic heterocycles. The normalized spacial score (nSPS) is 10.3. The first-order chi connectivity index (χ1) is 7.68. The van der Waals surface area contributed by atoms with Crippen molar-refractivity contribution in [3.05, 3.63) is 29.8 Å². The summed E-state index contributed by atoms with van der Waals surface area (Å²) in [5.41, 5.74) is 6.66. The van der Waals surface area contributed by atoms with Crippen LogP contribution in [0.5, 0.6) is 0 Å². The number of nitrogens with one attached hydrogen (secondary N) is 1. The number of amides is 1. The van der Waals surface area contributed by atoms with Crippen molar-refractivity contribution in [1.82, 2.24) is 20.3 Å². The lowest BCUT2D eigenvalue weighted by molar-refractivity contribution is 0.0951. The number of rotatable bonds is 3. The smallest absolute Gasteiger partial charge is 0.256 e. The summed E-state index contributed by atoms with van der Waals surface area (Å²) >= 11 is 0. The van der Waals surface area contributed by atoms with E-state index < -0.39 is 0 Å². The molecule has 3 N–H and O–H groups in total. The van der Waals surface area contributed by atoms with Gasteiger partial charge in [0.05, 0.1) is 12.7 Å². The molecule has 0 fully saturated rings. The van der Waals surface area contributed by atoms with E-state index >= 15 is 0 Å². The first kappa shape index (κ1) is 10.2. The van der Waals surface area contributed by atoms with Crippen molar-refractivity contribution in [3.8, 4) is 0 Å². The van der Waals surface area contributed by atoms with E-state index in [1.165, 1.54) is 17.1 Å². The van der Waals surface area contributed by atoms with Gasteiger partial charge in [0.15, 0.2) is 0 Å². The fourth-order valence-corrected chi connectivity index (χ4v) is 1.22. The highest BCUT2D eigenvalue weighted by Gasteiger charge is 2.13. The topological polar surface area (TPSA) is 99.0 Å². The average Bonchev–Trinajstić information content (AvgIpc) is 2.88. The Bertz CT molecular complexity index is 488. The highest BCUT2D eigenvalue weighted by atomic mass is 16.5. The molecule has 0 saturated heterocycles. The van der Waals surface area contributed by atoms with Crippen molar-refractivity contribution in [1.29, 1.82) is 0 Å². The number of aromatic nitrogens is 3. The van der Waals surface area contributed by atoms with Crippen LogP contribution >= 0.6 is 0 Å². The largest absolute Gasteiger partial charge is 0.383 e. The average molecular weight is 221 g/mol. The van der Waals surface area contributed by atoms with E-state index in [2.05, 4.69) is 20.1 Å². The third kappa shape index (κ3) is 1.88. The van der Waals surface area contributed by atoms with E-state index in [4.69, 9.17) is 5.73 Å². The minimum atomic E-state index is -0.284. The number of anilines is 1. The predicted octanol–water partition coefficient (Wildman–Crippen LogP) is -0.0797. The van der Waals surface area contributed by atoms with Gasteiger partial charge in [-0.2, -0.15) is 5.10 Å². The summed E-state index contributed by atoms with van der Waals surface area (Å²) in [6.45, 7) is 0.295. The molecule has 16 heavy (non-hydrogen) atoms. The Morgan fingerprint density at radius 1 is 1.69 bits per heavy atom. The maximum absolute atomic E-state index is 11.7. The highest BCUT2D eigenvalue weighted by Crippen LogP contribution is 2.08. The summed E-state index contributed by atoms with van der Waals surface area (Å²) in [6, 6.07) is 1.67. The molecule has 0 aliphatic carbocycles. The van der Waals surface area contributed by atoms with Crippen LogP contribution in [0.25, 0.3) is 0 Å². The Balaban J connectivity index is 2.01. The van der Waals surface area contributed by atoms with Crippen molar-refractivity contribution in [2.24, 2.45) is 7.05 Å². The fraction of sp³-hybridized carbons (Fsp3) is 0.222. The van der Waals surface area contributed by atoms with Crippen molar-refractivity contribution < 1.29 is 9.32 Å². The predicted molar refractivity (Wildman–Crippen MR) is 55.3 cm³/mol. The number of nitrogens with two attached hydrogens (primary N) is 1. The molecule has 2 aromatic heterocycles. The zero-order valence-corrected chi connectivity index (χ0v) is 8.67. The minimum absolute atomic E-state index is 0.284. The second-order valence-electron chi connectivity index (χ2n) is 3.24. The quantitative estimate of drug-likeness (QED) is 0.755. The van der Waals surface area contributed by atoms with Crippen LogP contribution in [0.2, 0.25) is 0 Å². The van der Waals surface area contributed by atoms with Crippen molar-refractivity contribution in [3.63, 3.8) is 0 Å². The molecular weight excluding hydrogens is 210 g/mol. The van der Waals surface area contributed by atoms with Crippen LogP contribution in [0.1, 0.15) is 16.1 Å². The van der Waals surface area contributed by atoms with E-state index in [9.17, 15) is 4.79 Å². The van der Waals surface area contributed by atoms with Crippen LogP contribution in [0.4, 0.5) is 5.82 Å². The molecule has 0 spiro atoms. The van der Waals surface area contributed by atoms with E-state index in [1.807, 2.05) is 0 Å². The third-order valence-electron chi connectivity index (χ3n) is 2.15. The fourth-order valence-electron chi connectivity index (χ4n) is 1.22. The standard InChI is InChI=1S/C9H11N5O2/c1-14-8(10)7(5-12-14)9(15)11-4-6-2-3-16-13-6/h2-3,5H,4,10H2,1H3,(H,11,15). The zero-order valence-electron chi connectivity index (χ0n) is 8.67. The highest BCUT2D eigenvalue weighted by molar-refractivity contribution is 5.98. The number of hydrogen-bond acceptors (Lipinski definition) is 5. The van der Waals surface area contributed by atoms with E-state index in [0.717, 1.165) is 0 Å². The molecule has 0 bridgehead atoms. The lowest BCUT2D eigenvalue weighted by atomic mass is 10.3. The lowest BCUT2D eigenvalue weighted by Gasteiger charge is -2.01. The van der Waals surface area contributed by atoms with E-state index in [1.54, 1.807) is 13.1 Å². The molecule has 0 unspecified atom stereocenters. The molecule has 2 rings (SSSR count). The van der Waals surface area contributed by atoms with Gasteiger partial charge in [0.1, 0.15) is 23.3 Å². The summed E-state index contributed by atoms with van der Waals surface area (Å²) < 4.78 is 6.07. The van der Waals surface area contributed by atoms with Gasteiger partial charge in [0, 0.05) is 13.1 Å². The Morgan fingerprint density at radius 3 is 3.06 bits per heavy atom. The molecule has 2 heterocycles. The van der Waals surface area contributed by atoms with E-state index in [0.29, 0.717) is 23.6 Å².